The van der Waals surface area contributed by atoms with Gasteiger partial charge in [0.1, 0.15) is 17.1 Å². The zero-order valence-electron chi connectivity index (χ0n) is 14.3. The van der Waals surface area contributed by atoms with Crippen LogP contribution in [0.4, 0.5) is 4.39 Å². The van der Waals surface area contributed by atoms with Gasteiger partial charge >= 0.3 is 5.97 Å². The van der Waals surface area contributed by atoms with Gasteiger partial charge in [-0.25, -0.2) is 9.18 Å². The summed E-state index contributed by atoms with van der Waals surface area (Å²) in [5, 5.41) is 3.84. The van der Waals surface area contributed by atoms with Crippen molar-refractivity contribution in [2.75, 3.05) is 13.1 Å². The summed E-state index contributed by atoms with van der Waals surface area (Å²) in [6.45, 7) is 1.71. The SMILES string of the molecule is O=C1ON=C(c2cccc(F)c2)C1=CN1CCC(c2ccccc2)CC1. The number of halogens is 1. The molecular formula is C21H19FN2O2. The summed E-state index contributed by atoms with van der Waals surface area (Å²) >= 11 is 0. The van der Waals surface area contributed by atoms with Gasteiger partial charge in [0.15, 0.2) is 0 Å². The largest absolute Gasteiger partial charge is 0.377 e. The summed E-state index contributed by atoms with van der Waals surface area (Å²) in [5.74, 6) is -0.320. The first-order valence-electron chi connectivity index (χ1n) is 8.77. The first kappa shape index (κ1) is 16.5. The van der Waals surface area contributed by atoms with Gasteiger partial charge in [0.25, 0.3) is 0 Å². The minimum atomic E-state index is -0.491. The average Bonchev–Trinajstić information content (AvgIpc) is 3.04. The van der Waals surface area contributed by atoms with Crippen molar-refractivity contribution in [1.82, 2.24) is 4.90 Å². The van der Waals surface area contributed by atoms with Crippen LogP contribution in [0.1, 0.15) is 29.9 Å². The van der Waals surface area contributed by atoms with E-state index in [0.717, 1.165) is 25.9 Å². The lowest BCUT2D eigenvalue weighted by atomic mass is 9.89. The molecule has 2 aliphatic rings. The van der Waals surface area contributed by atoms with Crippen LogP contribution in [0, 0.1) is 5.82 Å². The monoisotopic (exact) mass is 350 g/mol. The summed E-state index contributed by atoms with van der Waals surface area (Å²) in [7, 11) is 0. The van der Waals surface area contributed by atoms with E-state index < -0.39 is 5.97 Å². The highest BCUT2D eigenvalue weighted by Gasteiger charge is 2.29. The van der Waals surface area contributed by atoms with E-state index in [1.165, 1.54) is 17.7 Å². The molecule has 0 spiro atoms. The second kappa shape index (κ2) is 7.12. The number of hydrogen-bond acceptors (Lipinski definition) is 4. The molecule has 1 fully saturated rings. The highest BCUT2D eigenvalue weighted by Crippen LogP contribution is 2.29. The van der Waals surface area contributed by atoms with Crippen LogP contribution in [-0.2, 0) is 9.63 Å². The molecule has 132 valence electrons. The molecule has 2 heterocycles. The Morgan fingerprint density at radius 1 is 1.08 bits per heavy atom. The van der Waals surface area contributed by atoms with Gasteiger partial charge < -0.3 is 9.74 Å². The third-order valence-corrected chi connectivity index (χ3v) is 4.91. The molecular weight excluding hydrogens is 331 g/mol. The van der Waals surface area contributed by atoms with Crippen LogP contribution in [0.25, 0.3) is 0 Å². The third-order valence-electron chi connectivity index (χ3n) is 4.91. The minimum absolute atomic E-state index is 0.368. The van der Waals surface area contributed by atoms with E-state index in [0.29, 0.717) is 22.8 Å². The number of carbonyl (C=O) groups excluding carboxylic acids is 1. The fourth-order valence-corrected chi connectivity index (χ4v) is 3.51. The molecule has 2 aromatic rings. The standard InChI is InChI=1S/C21H19FN2O2/c22-18-8-4-7-17(13-18)20-19(21(25)26-23-20)14-24-11-9-16(10-12-24)15-5-2-1-3-6-15/h1-8,13-14,16H,9-12H2. The van der Waals surface area contributed by atoms with Crippen LogP contribution in [0.2, 0.25) is 0 Å². The normalized spacial score (nSPS) is 19.6. The van der Waals surface area contributed by atoms with Crippen LogP contribution >= 0.6 is 0 Å². The van der Waals surface area contributed by atoms with E-state index in [4.69, 9.17) is 4.84 Å². The topological polar surface area (TPSA) is 41.9 Å². The first-order valence-corrected chi connectivity index (χ1v) is 8.77. The van der Waals surface area contributed by atoms with E-state index in [2.05, 4.69) is 34.3 Å². The highest BCUT2D eigenvalue weighted by molar-refractivity contribution is 6.28. The van der Waals surface area contributed by atoms with Crippen LogP contribution in [0.15, 0.2) is 71.5 Å². The molecule has 0 aliphatic carbocycles. The smallest absolute Gasteiger partial charge is 0.369 e. The Balaban J connectivity index is 1.49. The van der Waals surface area contributed by atoms with Gasteiger partial charge in [0.05, 0.1) is 0 Å². The quantitative estimate of drug-likeness (QED) is 0.624. The molecule has 4 rings (SSSR count). The van der Waals surface area contributed by atoms with E-state index in [9.17, 15) is 9.18 Å². The zero-order chi connectivity index (χ0) is 17.9. The molecule has 4 nitrogen and oxygen atoms in total. The molecule has 0 saturated carbocycles. The predicted molar refractivity (Wildman–Crippen MR) is 97.1 cm³/mol. The van der Waals surface area contributed by atoms with Gasteiger partial charge in [-0.2, -0.15) is 0 Å². The lowest BCUT2D eigenvalue weighted by molar-refractivity contribution is -0.136. The van der Waals surface area contributed by atoms with Gasteiger partial charge in [0, 0.05) is 24.9 Å². The Morgan fingerprint density at radius 2 is 1.85 bits per heavy atom. The molecule has 0 radical (unpaired) electrons. The molecule has 0 atom stereocenters. The number of hydrogen-bond donors (Lipinski definition) is 0. The molecule has 0 amide bonds. The Labute approximate surface area is 151 Å². The van der Waals surface area contributed by atoms with Gasteiger partial charge in [-0.3, -0.25) is 0 Å². The molecule has 2 aromatic carbocycles. The molecule has 0 bridgehead atoms. The van der Waals surface area contributed by atoms with Crippen molar-refractivity contribution >= 4 is 11.7 Å². The third kappa shape index (κ3) is 3.38. The van der Waals surface area contributed by atoms with Crippen molar-refractivity contribution in [1.29, 1.82) is 0 Å². The number of rotatable bonds is 3. The summed E-state index contributed by atoms with van der Waals surface area (Å²) in [5.41, 5.74) is 2.68. The van der Waals surface area contributed by atoms with Crippen LogP contribution in [0.3, 0.4) is 0 Å². The number of benzene rings is 2. The maximum Gasteiger partial charge on any atom is 0.369 e. The molecule has 1 saturated heterocycles. The van der Waals surface area contributed by atoms with Crippen molar-refractivity contribution < 1.29 is 14.0 Å². The van der Waals surface area contributed by atoms with Crippen LogP contribution < -0.4 is 0 Å². The Hall–Kier alpha value is -2.95. The molecule has 0 aromatic heterocycles. The summed E-state index contributed by atoms with van der Waals surface area (Å²) in [6, 6.07) is 16.5. The number of carbonyl (C=O) groups is 1. The number of oxime groups is 1. The number of nitrogens with zero attached hydrogens (tertiary/aromatic N) is 2. The number of likely N-dealkylation sites (tertiary alicyclic amines) is 1. The Morgan fingerprint density at radius 3 is 2.58 bits per heavy atom. The van der Waals surface area contributed by atoms with E-state index in [1.54, 1.807) is 18.3 Å². The van der Waals surface area contributed by atoms with E-state index >= 15 is 0 Å². The van der Waals surface area contributed by atoms with Gasteiger partial charge in [-0.1, -0.05) is 47.6 Å². The Bertz CT molecular complexity index is 869. The first-order chi connectivity index (χ1) is 12.7. The fraction of sp³-hybridized carbons (Fsp3) is 0.238. The lowest BCUT2D eigenvalue weighted by Crippen LogP contribution is -2.30. The second-order valence-corrected chi connectivity index (χ2v) is 6.59. The Kier molecular flexibility index (Phi) is 4.52. The van der Waals surface area contributed by atoms with Crippen molar-refractivity contribution in [3.63, 3.8) is 0 Å². The molecule has 5 heteroatoms. The fourth-order valence-electron chi connectivity index (χ4n) is 3.51. The van der Waals surface area contributed by atoms with Gasteiger partial charge in [-0.05, 0) is 36.5 Å². The van der Waals surface area contributed by atoms with Gasteiger partial charge in [-0.15, -0.1) is 0 Å². The maximum atomic E-state index is 13.5. The summed E-state index contributed by atoms with van der Waals surface area (Å²) in [6.07, 6.45) is 3.85. The zero-order valence-corrected chi connectivity index (χ0v) is 14.3. The van der Waals surface area contributed by atoms with E-state index in [1.807, 2.05) is 6.07 Å². The van der Waals surface area contributed by atoms with Crippen molar-refractivity contribution in [2.24, 2.45) is 5.16 Å². The molecule has 0 N–H and O–H groups in total. The second-order valence-electron chi connectivity index (χ2n) is 6.59. The van der Waals surface area contributed by atoms with Crippen molar-refractivity contribution in [3.8, 4) is 0 Å². The summed E-state index contributed by atoms with van der Waals surface area (Å²) in [4.78, 5) is 19.0. The van der Waals surface area contributed by atoms with Gasteiger partial charge in [0.2, 0.25) is 0 Å². The van der Waals surface area contributed by atoms with Crippen molar-refractivity contribution in [3.05, 3.63) is 83.3 Å². The van der Waals surface area contributed by atoms with Crippen LogP contribution in [0.5, 0.6) is 0 Å². The lowest BCUT2D eigenvalue weighted by Gasteiger charge is -2.31. The van der Waals surface area contributed by atoms with Crippen molar-refractivity contribution in [2.45, 2.75) is 18.8 Å². The summed E-state index contributed by atoms with van der Waals surface area (Å²) < 4.78 is 13.5. The predicted octanol–water partition coefficient (Wildman–Crippen LogP) is 3.85. The molecule has 26 heavy (non-hydrogen) atoms. The minimum Gasteiger partial charge on any atom is -0.377 e. The average molecular weight is 350 g/mol. The number of piperidine rings is 1. The maximum absolute atomic E-state index is 13.5. The van der Waals surface area contributed by atoms with Crippen LogP contribution in [-0.4, -0.2) is 29.7 Å². The highest BCUT2D eigenvalue weighted by atomic mass is 19.1. The van der Waals surface area contributed by atoms with E-state index in [-0.39, 0.29) is 5.82 Å². The molecule has 0 unspecified atom stereocenters. The molecule has 2 aliphatic heterocycles.